The second-order valence-corrected chi connectivity index (χ2v) is 7.79. The average molecular weight is 393 g/mol. The number of carboxylic acid groups (broad SMARTS) is 1. The zero-order valence-electron chi connectivity index (χ0n) is 16.4. The van der Waals surface area contributed by atoms with Crippen molar-refractivity contribution >= 4 is 11.7 Å². The van der Waals surface area contributed by atoms with Crippen LogP contribution in [0, 0.1) is 0 Å². The Hall–Kier alpha value is -3.29. The minimum Gasteiger partial charge on any atom is -0.491 e. The van der Waals surface area contributed by atoms with Gasteiger partial charge in [-0.15, -0.1) is 0 Å². The number of anilines is 1. The molecular formula is C21H23N5O3. The molecule has 4 heterocycles. The second-order valence-electron chi connectivity index (χ2n) is 7.79. The van der Waals surface area contributed by atoms with Gasteiger partial charge in [0.15, 0.2) is 5.82 Å². The van der Waals surface area contributed by atoms with Crippen LogP contribution in [0.4, 0.5) is 5.69 Å². The van der Waals surface area contributed by atoms with E-state index in [1.54, 1.807) is 6.33 Å². The summed E-state index contributed by atoms with van der Waals surface area (Å²) in [5.74, 6) is 0.858. The summed E-state index contributed by atoms with van der Waals surface area (Å²) in [6.07, 6.45) is 4.37. The number of rotatable bonds is 4. The molecule has 0 radical (unpaired) electrons. The summed E-state index contributed by atoms with van der Waals surface area (Å²) >= 11 is 0. The number of aromatic nitrogens is 4. The van der Waals surface area contributed by atoms with Crippen LogP contribution in [-0.4, -0.2) is 49.6 Å². The molecule has 1 unspecified atom stereocenters. The Morgan fingerprint density at radius 3 is 2.86 bits per heavy atom. The maximum Gasteiger partial charge on any atom is 0.326 e. The van der Waals surface area contributed by atoms with Crippen LogP contribution >= 0.6 is 0 Å². The maximum absolute atomic E-state index is 11.4. The Balaban J connectivity index is 1.53. The van der Waals surface area contributed by atoms with Crippen molar-refractivity contribution in [2.45, 2.75) is 38.9 Å². The van der Waals surface area contributed by atoms with Gasteiger partial charge in [0, 0.05) is 41.7 Å². The maximum atomic E-state index is 11.4. The van der Waals surface area contributed by atoms with E-state index in [1.807, 2.05) is 27.8 Å². The normalized spacial score (nSPS) is 17.9. The summed E-state index contributed by atoms with van der Waals surface area (Å²) in [6.45, 7) is 6.21. The predicted octanol–water partition coefficient (Wildman–Crippen LogP) is 3.05. The highest BCUT2D eigenvalue weighted by Gasteiger charge is 2.34. The molecule has 0 bridgehead atoms. The van der Waals surface area contributed by atoms with Gasteiger partial charge < -0.3 is 19.3 Å². The van der Waals surface area contributed by atoms with Gasteiger partial charge in [0.1, 0.15) is 24.7 Å². The fourth-order valence-electron chi connectivity index (χ4n) is 4.11. The second kappa shape index (κ2) is 6.65. The van der Waals surface area contributed by atoms with E-state index < -0.39 is 12.0 Å². The molecule has 8 nitrogen and oxygen atoms in total. The number of nitrogens with zero attached hydrogens (tertiary/aromatic N) is 5. The summed E-state index contributed by atoms with van der Waals surface area (Å²) in [6, 6.07) is 7.87. The number of fused-ring (bicyclic) bond motifs is 3. The molecule has 150 valence electrons. The first kappa shape index (κ1) is 17.8. The van der Waals surface area contributed by atoms with Crippen molar-refractivity contribution in [3.05, 3.63) is 36.8 Å². The minimum atomic E-state index is -0.778. The SMILES string of the molecule is CC(C)n1ncnc1-c1cc2n(c1)CCOc1cc(N3CCC3C(=O)O)ccc1-2. The van der Waals surface area contributed by atoms with Crippen LogP contribution in [0.2, 0.25) is 0 Å². The van der Waals surface area contributed by atoms with E-state index in [9.17, 15) is 9.90 Å². The number of carboxylic acids is 1. The predicted molar refractivity (Wildman–Crippen MR) is 108 cm³/mol. The van der Waals surface area contributed by atoms with Gasteiger partial charge in [0.25, 0.3) is 0 Å². The molecule has 3 aromatic rings. The fourth-order valence-corrected chi connectivity index (χ4v) is 4.11. The highest BCUT2D eigenvalue weighted by atomic mass is 16.5. The standard InChI is InChI=1S/C21H23N5O3/c1-13(2)26-20(22-12-23-26)14-9-18-16-4-3-15(25-6-5-17(25)21(27)28)10-19(16)29-8-7-24(18)11-14/h3-4,9-13,17H,5-8H2,1-2H3,(H,27,28). The Morgan fingerprint density at radius 1 is 1.28 bits per heavy atom. The first-order valence-electron chi connectivity index (χ1n) is 9.89. The van der Waals surface area contributed by atoms with E-state index in [4.69, 9.17) is 4.74 Å². The summed E-state index contributed by atoms with van der Waals surface area (Å²) in [5.41, 5.74) is 3.98. The molecule has 2 aromatic heterocycles. The molecule has 5 rings (SSSR count). The largest absolute Gasteiger partial charge is 0.491 e. The lowest BCUT2D eigenvalue weighted by atomic mass is 10.0. The van der Waals surface area contributed by atoms with E-state index in [-0.39, 0.29) is 6.04 Å². The molecule has 1 atom stereocenters. The van der Waals surface area contributed by atoms with Crippen LogP contribution in [0.3, 0.4) is 0 Å². The van der Waals surface area contributed by atoms with Crippen molar-refractivity contribution in [2.24, 2.45) is 0 Å². The lowest BCUT2D eigenvalue weighted by molar-refractivity contribution is -0.139. The van der Waals surface area contributed by atoms with Gasteiger partial charge in [0.2, 0.25) is 0 Å². The lowest BCUT2D eigenvalue weighted by Crippen LogP contribution is -2.52. The molecule has 2 aliphatic rings. The Morgan fingerprint density at radius 2 is 2.14 bits per heavy atom. The van der Waals surface area contributed by atoms with E-state index >= 15 is 0 Å². The van der Waals surface area contributed by atoms with Gasteiger partial charge in [-0.2, -0.15) is 5.10 Å². The number of aliphatic carboxylic acids is 1. The number of ether oxygens (including phenoxy) is 1. The first-order chi connectivity index (χ1) is 14.0. The third-order valence-electron chi connectivity index (χ3n) is 5.68. The van der Waals surface area contributed by atoms with Crippen LogP contribution in [0.15, 0.2) is 36.8 Å². The summed E-state index contributed by atoms with van der Waals surface area (Å²) in [7, 11) is 0. The monoisotopic (exact) mass is 393 g/mol. The Kier molecular flexibility index (Phi) is 4.08. The lowest BCUT2D eigenvalue weighted by Gasteiger charge is -2.40. The van der Waals surface area contributed by atoms with Gasteiger partial charge >= 0.3 is 5.97 Å². The topological polar surface area (TPSA) is 85.4 Å². The zero-order valence-corrected chi connectivity index (χ0v) is 16.4. The van der Waals surface area contributed by atoms with Crippen LogP contribution < -0.4 is 9.64 Å². The summed E-state index contributed by atoms with van der Waals surface area (Å²) < 4.78 is 10.1. The van der Waals surface area contributed by atoms with Crippen LogP contribution in [0.1, 0.15) is 26.3 Å². The number of hydrogen-bond acceptors (Lipinski definition) is 5. The third-order valence-corrected chi connectivity index (χ3v) is 5.68. The highest BCUT2D eigenvalue weighted by Crippen LogP contribution is 2.39. The summed E-state index contributed by atoms with van der Waals surface area (Å²) in [5, 5.41) is 13.7. The molecule has 1 N–H and O–H groups in total. The molecule has 0 aliphatic carbocycles. The number of hydrogen-bond donors (Lipinski definition) is 1. The van der Waals surface area contributed by atoms with Crippen molar-refractivity contribution in [1.29, 1.82) is 0 Å². The van der Waals surface area contributed by atoms with Crippen LogP contribution in [-0.2, 0) is 11.3 Å². The molecule has 0 spiro atoms. The van der Waals surface area contributed by atoms with Crippen LogP contribution in [0.5, 0.6) is 5.75 Å². The molecule has 0 amide bonds. The van der Waals surface area contributed by atoms with E-state index in [0.717, 1.165) is 47.2 Å². The smallest absolute Gasteiger partial charge is 0.326 e. The van der Waals surface area contributed by atoms with Crippen molar-refractivity contribution in [3.8, 4) is 28.4 Å². The molecule has 1 fully saturated rings. The molecule has 1 saturated heterocycles. The van der Waals surface area contributed by atoms with Crippen molar-refractivity contribution in [1.82, 2.24) is 19.3 Å². The number of carbonyl (C=O) groups is 1. The highest BCUT2D eigenvalue weighted by molar-refractivity contribution is 5.82. The van der Waals surface area contributed by atoms with Crippen molar-refractivity contribution in [2.75, 3.05) is 18.1 Å². The zero-order chi connectivity index (χ0) is 20.1. The van der Waals surface area contributed by atoms with Gasteiger partial charge in [-0.25, -0.2) is 14.5 Å². The molecule has 0 saturated carbocycles. The third kappa shape index (κ3) is 2.86. The van der Waals surface area contributed by atoms with E-state index in [2.05, 4.69) is 40.8 Å². The molecular weight excluding hydrogens is 370 g/mol. The van der Waals surface area contributed by atoms with Gasteiger partial charge in [-0.05, 0) is 38.5 Å². The molecule has 8 heteroatoms. The average Bonchev–Trinajstić information content (AvgIpc) is 3.24. The van der Waals surface area contributed by atoms with Gasteiger partial charge in [0.05, 0.1) is 12.2 Å². The molecule has 2 aliphatic heterocycles. The number of benzene rings is 1. The quantitative estimate of drug-likeness (QED) is 0.733. The fraction of sp³-hybridized carbons (Fsp3) is 0.381. The molecule has 1 aromatic carbocycles. The van der Waals surface area contributed by atoms with Gasteiger partial charge in [-0.1, -0.05) is 0 Å². The van der Waals surface area contributed by atoms with Crippen molar-refractivity contribution < 1.29 is 14.6 Å². The van der Waals surface area contributed by atoms with Gasteiger partial charge in [-0.3, -0.25) is 0 Å². The minimum absolute atomic E-state index is 0.226. The first-order valence-corrected chi connectivity index (χ1v) is 9.89. The van der Waals surface area contributed by atoms with E-state index in [1.165, 1.54) is 0 Å². The Bertz CT molecular complexity index is 1080. The Labute approximate surface area is 168 Å². The van der Waals surface area contributed by atoms with E-state index in [0.29, 0.717) is 13.0 Å². The van der Waals surface area contributed by atoms with Crippen molar-refractivity contribution in [3.63, 3.8) is 0 Å². The summed E-state index contributed by atoms with van der Waals surface area (Å²) in [4.78, 5) is 17.7. The van der Waals surface area contributed by atoms with Crippen LogP contribution in [0.25, 0.3) is 22.6 Å². The molecule has 29 heavy (non-hydrogen) atoms.